The molecule has 1 aromatic heterocycles. The Kier molecular flexibility index (Phi) is 4.73. The molecule has 8 heteroatoms. The molecule has 0 radical (unpaired) electrons. The first-order valence-corrected chi connectivity index (χ1v) is 7.95. The van der Waals surface area contributed by atoms with Gasteiger partial charge in [0.15, 0.2) is 0 Å². The average molecular weight is 341 g/mol. The van der Waals surface area contributed by atoms with Crippen molar-refractivity contribution in [2.75, 3.05) is 0 Å². The van der Waals surface area contributed by atoms with E-state index in [1.807, 2.05) is 0 Å². The van der Waals surface area contributed by atoms with Crippen LogP contribution in [0.5, 0.6) is 0 Å². The third-order valence-corrected chi connectivity index (χ3v) is 4.47. The minimum atomic E-state index is -4.30. The van der Waals surface area contributed by atoms with E-state index in [2.05, 4.69) is 15.5 Å². The summed E-state index contributed by atoms with van der Waals surface area (Å²) in [6.07, 6.45) is -0.154. The highest BCUT2D eigenvalue weighted by Crippen LogP contribution is 2.37. The molecule has 0 aromatic carbocycles. The predicted molar refractivity (Wildman–Crippen MR) is 80.2 cm³/mol. The van der Waals surface area contributed by atoms with Crippen molar-refractivity contribution in [1.29, 1.82) is 0 Å². The van der Waals surface area contributed by atoms with Crippen LogP contribution in [0.25, 0.3) is 0 Å². The molecule has 0 saturated heterocycles. The number of pyridine rings is 1. The summed E-state index contributed by atoms with van der Waals surface area (Å²) in [6.45, 7) is 0. The van der Waals surface area contributed by atoms with E-state index < -0.39 is 30.1 Å². The van der Waals surface area contributed by atoms with Crippen LogP contribution in [0.3, 0.4) is 0 Å². The van der Waals surface area contributed by atoms with Crippen molar-refractivity contribution in [2.45, 2.75) is 50.4 Å². The zero-order valence-corrected chi connectivity index (χ0v) is 12.9. The Hall–Kier alpha value is -2.12. The quantitative estimate of drug-likeness (QED) is 0.919. The Morgan fingerprint density at radius 2 is 2.08 bits per heavy atom. The molecule has 0 spiro atoms. The molecule has 1 aliphatic heterocycles. The lowest BCUT2D eigenvalue weighted by Gasteiger charge is -2.33. The molecule has 0 unspecified atom stereocenters. The summed E-state index contributed by atoms with van der Waals surface area (Å²) in [5, 5.41) is 6.38. The number of carbonyl (C=O) groups excluding carboxylic acids is 1. The van der Waals surface area contributed by atoms with Gasteiger partial charge in [0.2, 0.25) is 6.10 Å². The van der Waals surface area contributed by atoms with E-state index >= 15 is 0 Å². The van der Waals surface area contributed by atoms with Gasteiger partial charge in [0.25, 0.3) is 5.91 Å². The molecule has 1 saturated carbocycles. The molecule has 5 nitrogen and oxygen atoms in total. The van der Waals surface area contributed by atoms with E-state index in [-0.39, 0.29) is 12.8 Å². The molecule has 1 fully saturated rings. The van der Waals surface area contributed by atoms with Crippen molar-refractivity contribution in [3.05, 3.63) is 30.1 Å². The molecular weight excluding hydrogens is 323 g/mol. The van der Waals surface area contributed by atoms with Crippen molar-refractivity contribution in [3.63, 3.8) is 0 Å². The maximum absolute atomic E-state index is 13.1. The SMILES string of the molecule is O=C(N[C@@H]1CCCC[C@@H]1C(F)(F)F)[C@@H]1CC(c2cccnc2)=NO1. The van der Waals surface area contributed by atoms with Crippen molar-refractivity contribution in [1.82, 2.24) is 10.3 Å². The van der Waals surface area contributed by atoms with Crippen LogP contribution < -0.4 is 5.32 Å². The number of oxime groups is 1. The Labute approximate surface area is 137 Å². The van der Waals surface area contributed by atoms with Gasteiger partial charge in [-0.05, 0) is 25.0 Å². The van der Waals surface area contributed by atoms with Gasteiger partial charge < -0.3 is 10.2 Å². The highest BCUT2D eigenvalue weighted by molar-refractivity contribution is 6.03. The van der Waals surface area contributed by atoms with E-state index in [0.717, 1.165) is 5.56 Å². The fourth-order valence-corrected chi connectivity index (χ4v) is 3.19. The third kappa shape index (κ3) is 3.68. The van der Waals surface area contributed by atoms with Crippen molar-refractivity contribution in [3.8, 4) is 0 Å². The number of amides is 1. The normalized spacial score (nSPS) is 27.3. The highest BCUT2D eigenvalue weighted by Gasteiger charge is 2.46. The zero-order valence-electron chi connectivity index (χ0n) is 12.9. The van der Waals surface area contributed by atoms with Crippen molar-refractivity contribution >= 4 is 11.6 Å². The van der Waals surface area contributed by atoms with Crippen LogP contribution in [-0.2, 0) is 9.63 Å². The third-order valence-electron chi connectivity index (χ3n) is 4.47. The lowest BCUT2D eigenvalue weighted by Crippen LogP contribution is -2.50. The molecule has 130 valence electrons. The van der Waals surface area contributed by atoms with Gasteiger partial charge in [0.05, 0.1) is 11.6 Å². The smallest absolute Gasteiger partial charge is 0.382 e. The van der Waals surface area contributed by atoms with Crippen molar-refractivity contribution < 1.29 is 22.8 Å². The zero-order chi connectivity index (χ0) is 17.2. The number of rotatable bonds is 3. The maximum Gasteiger partial charge on any atom is 0.393 e. The number of hydrogen-bond donors (Lipinski definition) is 1. The minimum Gasteiger partial charge on any atom is -0.382 e. The average Bonchev–Trinajstić information content (AvgIpc) is 3.05. The molecule has 1 amide bonds. The number of carbonyl (C=O) groups is 1. The topological polar surface area (TPSA) is 63.6 Å². The van der Waals surface area contributed by atoms with Gasteiger partial charge >= 0.3 is 6.18 Å². The van der Waals surface area contributed by atoms with E-state index in [9.17, 15) is 18.0 Å². The Morgan fingerprint density at radius 3 is 2.79 bits per heavy atom. The van der Waals surface area contributed by atoms with E-state index in [4.69, 9.17) is 4.84 Å². The van der Waals surface area contributed by atoms with Gasteiger partial charge in [-0.3, -0.25) is 9.78 Å². The molecule has 3 rings (SSSR count). The summed E-state index contributed by atoms with van der Waals surface area (Å²) in [7, 11) is 0. The van der Waals surface area contributed by atoms with Gasteiger partial charge in [0, 0.05) is 30.4 Å². The molecule has 1 aromatic rings. The largest absolute Gasteiger partial charge is 0.393 e. The molecule has 2 heterocycles. The summed E-state index contributed by atoms with van der Waals surface area (Å²) >= 11 is 0. The Morgan fingerprint density at radius 1 is 1.29 bits per heavy atom. The fourth-order valence-electron chi connectivity index (χ4n) is 3.19. The molecular formula is C16H18F3N3O2. The molecule has 1 aliphatic carbocycles. The van der Waals surface area contributed by atoms with E-state index in [1.165, 1.54) is 0 Å². The number of nitrogens with one attached hydrogen (secondary N) is 1. The van der Waals surface area contributed by atoms with Crippen LogP contribution >= 0.6 is 0 Å². The minimum absolute atomic E-state index is 0.0530. The van der Waals surface area contributed by atoms with Crippen molar-refractivity contribution in [2.24, 2.45) is 11.1 Å². The molecule has 0 bridgehead atoms. The first-order chi connectivity index (χ1) is 11.4. The molecule has 2 aliphatic rings. The summed E-state index contributed by atoms with van der Waals surface area (Å²) in [5.41, 5.74) is 1.30. The number of nitrogens with zero attached hydrogens (tertiary/aromatic N) is 2. The molecule has 3 atom stereocenters. The lowest BCUT2D eigenvalue weighted by atomic mass is 9.84. The Balaban J connectivity index is 1.60. The lowest BCUT2D eigenvalue weighted by molar-refractivity contribution is -0.189. The standard InChI is InChI=1S/C16H18F3N3O2/c17-16(18,19)11-5-1-2-6-12(11)21-15(23)14-8-13(22-24-14)10-4-3-7-20-9-10/h3-4,7,9,11-12,14H,1-2,5-6,8H2,(H,21,23)/t11-,12+,14-/m0/s1. The van der Waals surface area contributed by atoms with E-state index in [0.29, 0.717) is 25.0 Å². The first kappa shape index (κ1) is 16.7. The number of hydrogen-bond acceptors (Lipinski definition) is 4. The van der Waals surface area contributed by atoms with Gasteiger partial charge in [-0.25, -0.2) is 0 Å². The maximum atomic E-state index is 13.1. The Bertz CT molecular complexity index is 619. The highest BCUT2D eigenvalue weighted by atomic mass is 19.4. The summed E-state index contributed by atoms with van der Waals surface area (Å²) < 4.78 is 39.3. The fraction of sp³-hybridized carbons (Fsp3) is 0.562. The second kappa shape index (κ2) is 6.78. The van der Waals surface area contributed by atoms with Crippen LogP contribution in [0.1, 0.15) is 37.7 Å². The monoisotopic (exact) mass is 341 g/mol. The van der Waals surface area contributed by atoms with Crippen LogP contribution in [0.4, 0.5) is 13.2 Å². The molecule has 1 N–H and O–H groups in total. The van der Waals surface area contributed by atoms with Gasteiger partial charge in [-0.15, -0.1) is 0 Å². The summed E-state index contributed by atoms with van der Waals surface area (Å²) in [4.78, 5) is 21.3. The number of aromatic nitrogens is 1. The molecule has 24 heavy (non-hydrogen) atoms. The first-order valence-electron chi connectivity index (χ1n) is 7.95. The van der Waals surface area contributed by atoms with E-state index in [1.54, 1.807) is 24.5 Å². The number of alkyl halides is 3. The number of halogens is 3. The predicted octanol–water partition coefficient (Wildman–Crippen LogP) is 2.81. The summed E-state index contributed by atoms with van der Waals surface area (Å²) in [6, 6.07) is 2.63. The van der Waals surface area contributed by atoms with Crippen LogP contribution in [0.2, 0.25) is 0 Å². The summed E-state index contributed by atoms with van der Waals surface area (Å²) in [5.74, 6) is -2.03. The van der Waals surface area contributed by atoms with Gasteiger partial charge in [-0.2, -0.15) is 13.2 Å². The van der Waals surface area contributed by atoms with Gasteiger partial charge in [0.1, 0.15) is 0 Å². The van der Waals surface area contributed by atoms with Crippen LogP contribution in [0.15, 0.2) is 29.7 Å². The second-order valence-electron chi connectivity index (χ2n) is 6.13. The van der Waals surface area contributed by atoms with Crippen LogP contribution in [0, 0.1) is 5.92 Å². The second-order valence-corrected chi connectivity index (χ2v) is 6.13. The van der Waals surface area contributed by atoms with Crippen LogP contribution in [-0.4, -0.2) is 34.9 Å². The van der Waals surface area contributed by atoms with Gasteiger partial charge in [-0.1, -0.05) is 18.0 Å².